The highest BCUT2D eigenvalue weighted by atomic mass is 35.5. The number of nitrogens with one attached hydrogen (secondary N) is 1. The molecule has 0 unspecified atom stereocenters. The summed E-state index contributed by atoms with van der Waals surface area (Å²) >= 11 is 5.93. The minimum Gasteiger partial charge on any atom is -0.445 e. The average molecular weight is 277 g/mol. The number of halogens is 1. The Morgan fingerprint density at radius 1 is 1.32 bits per heavy atom. The summed E-state index contributed by atoms with van der Waals surface area (Å²) in [6, 6.07) is 3.72. The van der Waals surface area contributed by atoms with Crippen LogP contribution in [0.4, 0.5) is 0 Å². The van der Waals surface area contributed by atoms with Crippen molar-refractivity contribution in [1.29, 1.82) is 0 Å². The predicted molar refractivity (Wildman–Crippen MR) is 72.0 cm³/mol. The van der Waals surface area contributed by atoms with E-state index in [2.05, 4.69) is 15.3 Å². The van der Waals surface area contributed by atoms with Crippen molar-refractivity contribution in [3.63, 3.8) is 0 Å². The fourth-order valence-electron chi connectivity index (χ4n) is 1.88. The van der Waals surface area contributed by atoms with Crippen molar-refractivity contribution >= 4 is 17.2 Å². The smallest absolute Gasteiger partial charge is 0.208 e. The number of fused-ring (bicyclic) bond motifs is 1. The van der Waals surface area contributed by atoms with Crippen LogP contribution in [0.25, 0.3) is 5.65 Å². The lowest BCUT2D eigenvalue weighted by Gasteiger charge is -1.97. The van der Waals surface area contributed by atoms with Gasteiger partial charge in [-0.2, -0.15) is 0 Å². The van der Waals surface area contributed by atoms with Gasteiger partial charge in [0, 0.05) is 18.9 Å². The van der Waals surface area contributed by atoms with E-state index >= 15 is 0 Å². The molecule has 0 fully saturated rings. The molecule has 0 saturated heterocycles. The molecule has 0 aliphatic rings. The summed E-state index contributed by atoms with van der Waals surface area (Å²) in [4.78, 5) is 8.61. The first-order chi connectivity index (χ1) is 9.20. The average Bonchev–Trinajstić information content (AvgIpc) is 2.95. The van der Waals surface area contributed by atoms with Gasteiger partial charge >= 0.3 is 0 Å². The van der Waals surface area contributed by atoms with Crippen molar-refractivity contribution in [2.24, 2.45) is 0 Å². The van der Waals surface area contributed by atoms with Gasteiger partial charge in [-0.15, -0.1) is 0 Å². The van der Waals surface area contributed by atoms with E-state index in [9.17, 15) is 0 Å². The molecule has 0 amide bonds. The Kier molecular flexibility index (Phi) is 3.23. The second-order valence-electron chi connectivity index (χ2n) is 4.31. The Morgan fingerprint density at radius 2 is 2.21 bits per heavy atom. The minimum absolute atomic E-state index is 0.586. The highest BCUT2D eigenvalue weighted by Crippen LogP contribution is 2.11. The van der Waals surface area contributed by atoms with Gasteiger partial charge in [-0.05, 0) is 19.1 Å². The molecule has 0 atom stereocenters. The lowest BCUT2D eigenvalue weighted by atomic mass is 10.4. The van der Waals surface area contributed by atoms with Crippen LogP contribution in [-0.4, -0.2) is 14.4 Å². The molecule has 98 valence electrons. The van der Waals surface area contributed by atoms with Gasteiger partial charge in [-0.1, -0.05) is 11.6 Å². The molecule has 0 spiro atoms. The third kappa shape index (κ3) is 2.77. The Bertz CT molecular complexity index is 704. The van der Waals surface area contributed by atoms with Crippen LogP contribution in [0.15, 0.2) is 35.1 Å². The molecule has 3 aromatic heterocycles. The van der Waals surface area contributed by atoms with E-state index in [1.807, 2.05) is 35.9 Å². The summed E-state index contributed by atoms with van der Waals surface area (Å²) in [7, 11) is 0. The third-order valence-corrected chi connectivity index (χ3v) is 2.94. The number of oxazole rings is 1. The van der Waals surface area contributed by atoms with Crippen LogP contribution in [0.1, 0.15) is 17.3 Å². The molecule has 0 aliphatic heterocycles. The number of aryl methyl sites for hydroxylation is 1. The van der Waals surface area contributed by atoms with Crippen molar-refractivity contribution in [3.8, 4) is 0 Å². The van der Waals surface area contributed by atoms with E-state index in [0.717, 1.165) is 17.1 Å². The molecule has 1 N–H and O–H groups in total. The number of hydrogen-bond acceptors (Lipinski definition) is 4. The molecule has 0 bridgehead atoms. The number of imidazole rings is 1. The lowest BCUT2D eigenvalue weighted by Crippen LogP contribution is -2.13. The Labute approximate surface area is 115 Å². The number of hydrogen-bond donors (Lipinski definition) is 1. The van der Waals surface area contributed by atoms with Crippen molar-refractivity contribution in [2.75, 3.05) is 0 Å². The van der Waals surface area contributed by atoms with Crippen LogP contribution in [0.2, 0.25) is 5.02 Å². The summed E-state index contributed by atoms with van der Waals surface area (Å²) in [5.41, 5.74) is 1.83. The minimum atomic E-state index is 0.586. The molecule has 0 saturated carbocycles. The van der Waals surface area contributed by atoms with Crippen molar-refractivity contribution < 1.29 is 4.42 Å². The molecular weight excluding hydrogens is 264 g/mol. The molecule has 0 radical (unpaired) electrons. The Morgan fingerprint density at radius 3 is 3.00 bits per heavy atom. The number of aromatic nitrogens is 3. The van der Waals surface area contributed by atoms with Crippen LogP contribution >= 0.6 is 11.6 Å². The van der Waals surface area contributed by atoms with E-state index < -0.39 is 0 Å². The zero-order valence-corrected chi connectivity index (χ0v) is 11.2. The van der Waals surface area contributed by atoms with Gasteiger partial charge in [0.05, 0.1) is 23.5 Å². The second kappa shape index (κ2) is 5.03. The number of nitrogens with zero attached hydrogens (tertiary/aromatic N) is 3. The van der Waals surface area contributed by atoms with Crippen LogP contribution in [0.5, 0.6) is 0 Å². The zero-order chi connectivity index (χ0) is 13.2. The van der Waals surface area contributed by atoms with Crippen LogP contribution in [0.3, 0.4) is 0 Å². The summed E-state index contributed by atoms with van der Waals surface area (Å²) in [6.07, 6.45) is 5.50. The maximum Gasteiger partial charge on any atom is 0.208 e. The zero-order valence-electron chi connectivity index (χ0n) is 10.4. The highest BCUT2D eigenvalue weighted by Gasteiger charge is 2.03. The maximum absolute atomic E-state index is 5.93. The standard InChI is InChI=1S/C13H13ClN4O/c1-9-4-16-13(19-9)6-15-5-11-8-18-7-10(14)2-3-12(18)17-11/h2-4,7-8,15H,5-6H2,1H3. The quantitative estimate of drug-likeness (QED) is 0.796. The van der Waals surface area contributed by atoms with E-state index in [4.69, 9.17) is 16.0 Å². The van der Waals surface area contributed by atoms with E-state index in [-0.39, 0.29) is 0 Å². The Balaban J connectivity index is 1.65. The topological polar surface area (TPSA) is 55.4 Å². The summed E-state index contributed by atoms with van der Waals surface area (Å²) in [5, 5.41) is 3.94. The molecule has 3 aromatic rings. The Hall–Kier alpha value is -1.85. The normalized spacial score (nSPS) is 11.3. The van der Waals surface area contributed by atoms with Crippen LogP contribution < -0.4 is 5.32 Å². The number of pyridine rings is 1. The van der Waals surface area contributed by atoms with Gasteiger partial charge in [0.25, 0.3) is 0 Å². The van der Waals surface area contributed by atoms with Crippen LogP contribution in [-0.2, 0) is 13.1 Å². The molecular formula is C13H13ClN4O. The van der Waals surface area contributed by atoms with Gasteiger partial charge < -0.3 is 14.1 Å². The maximum atomic E-state index is 5.93. The molecule has 19 heavy (non-hydrogen) atoms. The SMILES string of the molecule is Cc1cnc(CNCc2cn3cc(Cl)ccc3n2)o1. The first-order valence-electron chi connectivity index (χ1n) is 5.96. The molecule has 0 aromatic carbocycles. The van der Waals surface area contributed by atoms with Gasteiger partial charge in [-0.25, -0.2) is 9.97 Å². The van der Waals surface area contributed by atoms with Gasteiger partial charge in [0.1, 0.15) is 11.4 Å². The molecule has 5 nitrogen and oxygen atoms in total. The molecule has 3 heterocycles. The first-order valence-corrected chi connectivity index (χ1v) is 6.34. The summed E-state index contributed by atoms with van der Waals surface area (Å²) in [6.45, 7) is 3.12. The van der Waals surface area contributed by atoms with Crippen molar-refractivity contribution in [3.05, 3.63) is 53.1 Å². The van der Waals surface area contributed by atoms with Crippen molar-refractivity contribution in [2.45, 2.75) is 20.0 Å². The second-order valence-corrected chi connectivity index (χ2v) is 4.75. The summed E-state index contributed by atoms with van der Waals surface area (Å²) < 4.78 is 7.29. The van der Waals surface area contributed by atoms with Crippen molar-refractivity contribution in [1.82, 2.24) is 19.7 Å². The first kappa shape index (κ1) is 12.2. The monoisotopic (exact) mass is 276 g/mol. The molecule has 3 rings (SSSR count). The van der Waals surface area contributed by atoms with Crippen LogP contribution in [0, 0.1) is 6.92 Å². The summed E-state index contributed by atoms with van der Waals surface area (Å²) in [5.74, 6) is 1.50. The highest BCUT2D eigenvalue weighted by molar-refractivity contribution is 6.30. The van der Waals surface area contributed by atoms with E-state index in [1.54, 1.807) is 6.20 Å². The van der Waals surface area contributed by atoms with Gasteiger partial charge in [-0.3, -0.25) is 0 Å². The largest absolute Gasteiger partial charge is 0.445 e. The molecule has 0 aliphatic carbocycles. The number of rotatable bonds is 4. The third-order valence-electron chi connectivity index (χ3n) is 2.72. The van der Waals surface area contributed by atoms with E-state index in [1.165, 1.54) is 0 Å². The molecule has 6 heteroatoms. The van der Waals surface area contributed by atoms with Gasteiger partial charge in [0.15, 0.2) is 0 Å². The van der Waals surface area contributed by atoms with Gasteiger partial charge in [0.2, 0.25) is 5.89 Å². The fraction of sp³-hybridized carbons (Fsp3) is 0.231. The fourth-order valence-corrected chi connectivity index (χ4v) is 2.05. The van der Waals surface area contributed by atoms with E-state index in [0.29, 0.717) is 24.0 Å². The predicted octanol–water partition coefficient (Wildman–Crippen LogP) is 2.57. The lowest BCUT2D eigenvalue weighted by molar-refractivity contribution is 0.448.